The van der Waals surface area contributed by atoms with Crippen LogP contribution in [0.2, 0.25) is 0 Å². The molecule has 3 saturated heterocycles. The van der Waals surface area contributed by atoms with Gasteiger partial charge in [0.15, 0.2) is 0 Å². The second kappa shape index (κ2) is 12.5. The first-order chi connectivity index (χ1) is 16.5. The third-order valence-corrected chi connectivity index (χ3v) is 9.85. The minimum atomic E-state index is -3.41. The van der Waals surface area contributed by atoms with Gasteiger partial charge in [0.05, 0.1) is 4.90 Å². The number of aryl methyl sites for hydroxylation is 1. The minimum Gasteiger partial charge on any atom is -0.343 e. The topological polar surface area (TPSA) is 60.9 Å². The maximum absolute atomic E-state index is 13.0. The molecule has 0 N–H and O–H groups in total. The number of carbonyl (C=O) groups excluding carboxylic acids is 1. The van der Waals surface area contributed by atoms with E-state index < -0.39 is 10.0 Å². The molecule has 7 heteroatoms. The first-order valence-corrected chi connectivity index (χ1v) is 15.1. The highest BCUT2D eigenvalue weighted by Crippen LogP contribution is 2.23. The van der Waals surface area contributed by atoms with E-state index in [1.54, 1.807) is 16.4 Å². The summed E-state index contributed by atoms with van der Waals surface area (Å²) in [5.41, 5.74) is 1.03. The number of benzene rings is 1. The van der Waals surface area contributed by atoms with E-state index in [4.69, 9.17) is 0 Å². The molecule has 3 aliphatic heterocycles. The number of carbonyl (C=O) groups is 1. The van der Waals surface area contributed by atoms with Gasteiger partial charge >= 0.3 is 0 Å². The molecular formula is C27H43N3O3S. The molecule has 3 fully saturated rings. The Kier molecular flexibility index (Phi) is 9.43. The van der Waals surface area contributed by atoms with Crippen LogP contribution in [-0.4, -0.2) is 74.2 Å². The van der Waals surface area contributed by atoms with Gasteiger partial charge in [-0.1, -0.05) is 37.8 Å². The fraction of sp³-hybridized carbons (Fsp3) is 0.741. The van der Waals surface area contributed by atoms with Crippen molar-refractivity contribution in [2.75, 3.05) is 45.8 Å². The van der Waals surface area contributed by atoms with Crippen molar-refractivity contribution in [3.63, 3.8) is 0 Å². The number of likely N-dealkylation sites (tertiary alicyclic amines) is 2. The molecule has 6 nitrogen and oxygen atoms in total. The van der Waals surface area contributed by atoms with E-state index in [-0.39, 0.29) is 5.91 Å². The number of hydrogen-bond acceptors (Lipinski definition) is 4. The third-order valence-electron chi connectivity index (χ3n) is 7.94. The van der Waals surface area contributed by atoms with Crippen molar-refractivity contribution in [1.82, 2.24) is 14.1 Å². The maximum Gasteiger partial charge on any atom is 0.243 e. The molecule has 4 rings (SSSR count). The van der Waals surface area contributed by atoms with Crippen molar-refractivity contribution in [1.29, 1.82) is 0 Å². The maximum atomic E-state index is 13.0. The van der Waals surface area contributed by atoms with Crippen LogP contribution in [0.3, 0.4) is 0 Å². The number of piperidine rings is 1. The molecule has 0 spiro atoms. The fourth-order valence-electron chi connectivity index (χ4n) is 5.72. The average Bonchev–Trinajstić information content (AvgIpc) is 3.29. The summed E-state index contributed by atoms with van der Waals surface area (Å²) in [5.74, 6) is 0.954. The number of sulfonamides is 1. The lowest BCUT2D eigenvalue weighted by atomic mass is 9.95. The molecule has 0 saturated carbocycles. The van der Waals surface area contributed by atoms with Gasteiger partial charge < -0.3 is 9.80 Å². The monoisotopic (exact) mass is 489 g/mol. The van der Waals surface area contributed by atoms with Crippen LogP contribution in [-0.2, 0) is 21.2 Å². The normalized spacial score (nSPS) is 22.3. The third kappa shape index (κ3) is 7.05. The quantitative estimate of drug-likeness (QED) is 0.573. The summed E-state index contributed by atoms with van der Waals surface area (Å²) in [6, 6.07) is 7.19. The molecule has 0 unspecified atom stereocenters. The molecule has 0 bridgehead atoms. The van der Waals surface area contributed by atoms with Crippen molar-refractivity contribution >= 4 is 15.9 Å². The lowest BCUT2D eigenvalue weighted by Gasteiger charge is -2.34. The van der Waals surface area contributed by atoms with Crippen molar-refractivity contribution < 1.29 is 13.2 Å². The van der Waals surface area contributed by atoms with E-state index in [9.17, 15) is 13.2 Å². The first kappa shape index (κ1) is 25.6. The Hall–Kier alpha value is -1.44. The highest BCUT2D eigenvalue weighted by atomic mass is 32.2. The molecule has 34 heavy (non-hydrogen) atoms. The highest BCUT2D eigenvalue weighted by Gasteiger charge is 2.26. The van der Waals surface area contributed by atoms with Gasteiger partial charge in [-0.15, -0.1) is 0 Å². The molecule has 0 aliphatic carbocycles. The van der Waals surface area contributed by atoms with Gasteiger partial charge in [-0.3, -0.25) is 4.79 Å². The van der Waals surface area contributed by atoms with Gasteiger partial charge in [0.2, 0.25) is 15.9 Å². The average molecular weight is 490 g/mol. The zero-order valence-corrected chi connectivity index (χ0v) is 21.6. The molecular weight excluding hydrogens is 446 g/mol. The lowest BCUT2D eigenvalue weighted by molar-refractivity contribution is -0.132. The second-order valence-corrected chi connectivity index (χ2v) is 12.4. The van der Waals surface area contributed by atoms with Crippen molar-refractivity contribution in [2.24, 2.45) is 5.92 Å². The zero-order chi connectivity index (χ0) is 23.8. The van der Waals surface area contributed by atoms with Gasteiger partial charge in [0.1, 0.15) is 0 Å². The van der Waals surface area contributed by atoms with Crippen LogP contribution >= 0.6 is 0 Å². The van der Waals surface area contributed by atoms with E-state index in [1.165, 1.54) is 45.3 Å². The van der Waals surface area contributed by atoms with Crippen molar-refractivity contribution in [3.8, 4) is 0 Å². The van der Waals surface area contributed by atoms with Gasteiger partial charge in [0.25, 0.3) is 0 Å². The van der Waals surface area contributed by atoms with E-state index in [2.05, 4.69) is 4.90 Å². The van der Waals surface area contributed by atoms with Crippen molar-refractivity contribution in [3.05, 3.63) is 29.8 Å². The Bertz CT molecular complexity index is 863. The Balaban J connectivity index is 1.21. The number of hydrogen-bond donors (Lipinski definition) is 0. The van der Waals surface area contributed by atoms with Crippen LogP contribution in [0.25, 0.3) is 0 Å². The first-order valence-electron chi connectivity index (χ1n) is 13.6. The summed E-state index contributed by atoms with van der Waals surface area (Å²) in [6.45, 7) is 6.69. The molecule has 3 aliphatic rings. The van der Waals surface area contributed by atoms with Crippen LogP contribution in [0.1, 0.15) is 76.2 Å². The molecule has 0 radical (unpaired) electrons. The summed E-state index contributed by atoms with van der Waals surface area (Å²) in [7, 11) is -3.41. The molecule has 0 aromatic heterocycles. The molecule has 190 valence electrons. The second-order valence-electron chi connectivity index (χ2n) is 10.5. The highest BCUT2D eigenvalue weighted by molar-refractivity contribution is 7.89. The molecule has 1 aromatic carbocycles. The molecule has 3 heterocycles. The zero-order valence-electron chi connectivity index (χ0n) is 20.8. The Morgan fingerprint density at radius 3 is 1.91 bits per heavy atom. The van der Waals surface area contributed by atoms with Crippen LogP contribution in [0.4, 0.5) is 0 Å². The van der Waals surface area contributed by atoms with Gasteiger partial charge in [-0.05, 0) is 81.6 Å². The fourth-order valence-corrected chi connectivity index (χ4v) is 7.23. The van der Waals surface area contributed by atoms with Crippen molar-refractivity contribution in [2.45, 2.75) is 81.9 Å². The predicted octanol–water partition coefficient (Wildman–Crippen LogP) is 4.30. The summed E-state index contributed by atoms with van der Waals surface area (Å²) in [5, 5.41) is 0. The largest absolute Gasteiger partial charge is 0.343 e. The minimum absolute atomic E-state index is 0.231. The molecule has 1 aromatic rings. The van der Waals surface area contributed by atoms with Gasteiger partial charge in [-0.2, -0.15) is 4.31 Å². The SMILES string of the molecule is O=C(CCc1ccc(S(=O)(=O)N2CCCCCC2)cc1)N1CCC(CN2CCCCCC2)CC1. The number of amides is 1. The predicted molar refractivity (Wildman–Crippen MR) is 136 cm³/mol. The van der Waals surface area contributed by atoms with E-state index in [0.717, 1.165) is 63.1 Å². The van der Waals surface area contributed by atoms with Gasteiger partial charge in [0, 0.05) is 39.1 Å². The standard InChI is InChI=1S/C27H43N3O3S/c31-27(29-21-15-25(16-22-29)23-28-17-5-1-2-6-18-28)14-11-24-9-12-26(13-10-24)34(32,33)30-19-7-3-4-8-20-30/h9-10,12-13,25H,1-8,11,14-23H2. The van der Waals surface area contributed by atoms with Crippen LogP contribution in [0.5, 0.6) is 0 Å². The van der Waals surface area contributed by atoms with Crippen LogP contribution in [0.15, 0.2) is 29.2 Å². The Morgan fingerprint density at radius 2 is 1.32 bits per heavy atom. The smallest absolute Gasteiger partial charge is 0.243 e. The summed E-state index contributed by atoms with van der Waals surface area (Å²) in [6.07, 6.45) is 12.9. The van der Waals surface area contributed by atoms with E-state index >= 15 is 0 Å². The van der Waals surface area contributed by atoms with E-state index in [0.29, 0.717) is 30.8 Å². The number of rotatable bonds is 7. The Morgan fingerprint density at radius 1 is 0.765 bits per heavy atom. The van der Waals surface area contributed by atoms with Crippen LogP contribution < -0.4 is 0 Å². The molecule has 0 atom stereocenters. The number of nitrogens with zero attached hydrogens (tertiary/aromatic N) is 3. The summed E-state index contributed by atoms with van der Waals surface area (Å²) in [4.78, 5) is 17.8. The van der Waals surface area contributed by atoms with Gasteiger partial charge in [-0.25, -0.2) is 8.42 Å². The van der Waals surface area contributed by atoms with E-state index in [1.807, 2.05) is 17.0 Å². The summed E-state index contributed by atoms with van der Waals surface area (Å²) < 4.78 is 27.5. The Labute approximate surface area is 206 Å². The summed E-state index contributed by atoms with van der Waals surface area (Å²) >= 11 is 0. The molecule has 1 amide bonds. The lowest BCUT2D eigenvalue weighted by Crippen LogP contribution is -2.41. The van der Waals surface area contributed by atoms with Crippen LogP contribution in [0, 0.1) is 5.92 Å².